The van der Waals surface area contributed by atoms with Gasteiger partial charge in [0.05, 0.1) is 30.5 Å². The average Bonchev–Trinajstić information content (AvgIpc) is 2.75. The molecule has 0 radical (unpaired) electrons. The zero-order valence-corrected chi connectivity index (χ0v) is 16.2. The Kier molecular flexibility index (Phi) is 6.10. The summed E-state index contributed by atoms with van der Waals surface area (Å²) in [5, 5.41) is 48.7. The van der Waals surface area contributed by atoms with Crippen molar-refractivity contribution in [2.24, 2.45) is 5.92 Å². The molecule has 1 saturated heterocycles. The number of rotatable bonds is 4. The number of ether oxygens (including phenoxy) is 3. The van der Waals surface area contributed by atoms with E-state index in [1.54, 1.807) is 12.1 Å². The number of carbonyl (C=O) groups excluding carboxylic acids is 1. The van der Waals surface area contributed by atoms with Crippen LogP contribution in [0.1, 0.15) is 24.8 Å². The maximum atomic E-state index is 12.9. The van der Waals surface area contributed by atoms with E-state index in [0.29, 0.717) is 30.4 Å². The van der Waals surface area contributed by atoms with Crippen LogP contribution in [-0.2, 0) is 19.0 Å². The van der Waals surface area contributed by atoms with Crippen molar-refractivity contribution in [2.45, 2.75) is 62.2 Å². The van der Waals surface area contributed by atoms with E-state index in [9.17, 15) is 30.3 Å². The summed E-state index contributed by atoms with van der Waals surface area (Å²) in [6, 6.07) is 6.36. The number of aromatic hydroxyl groups is 1. The second-order valence-corrected chi connectivity index (χ2v) is 7.99. The maximum Gasteiger partial charge on any atom is 0.186 e. The summed E-state index contributed by atoms with van der Waals surface area (Å²) >= 11 is 0. The van der Waals surface area contributed by atoms with E-state index in [0.717, 1.165) is 0 Å². The van der Waals surface area contributed by atoms with Crippen LogP contribution in [0.4, 0.5) is 0 Å². The van der Waals surface area contributed by atoms with Gasteiger partial charge in [-0.1, -0.05) is 12.1 Å². The van der Waals surface area contributed by atoms with E-state index in [4.69, 9.17) is 14.2 Å². The Balaban J connectivity index is 1.41. The number of allylic oxidation sites excluding steroid dienone is 1. The summed E-state index contributed by atoms with van der Waals surface area (Å²) in [5.74, 6) is -0.232. The smallest absolute Gasteiger partial charge is 0.186 e. The molecule has 2 fully saturated rings. The molecule has 4 rings (SSSR count). The van der Waals surface area contributed by atoms with Crippen molar-refractivity contribution in [3.05, 3.63) is 36.1 Å². The van der Waals surface area contributed by atoms with Crippen molar-refractivity contribution in [1.82, 2.24) is 0 Å². The third-order valence-corrected chi connectivity index (χ3v) is 6.06. The topological polar surface area (TPSA) is 146 Å². The van der Waals surface area contributed by atoms with Crippen molar-refractivity contribution < 1.29 is 44.5 Å². The van der Waals surface area contributed by atoms with Gasteiger partial charge in [-0.05, 0) is 30.5 Å². The average molecular weight is 422 g/mol. The molecular formula is C21H26O9. The van der Waals surface area contributed by atoms with Crippen molar-refractivity contribution in [3.8, 4) is 5.75 Å². The Hall–Kier alpha value is -2.01. The molecule has 1 aliphatic carbocycles. The fraction of sp³-hybridized carbons (Fsp3) is 0.571. The molecule has 2 heterocycles. The lowest BCUT2D eigenvalue weighted by Crippen LogP contribution is -2.60. The molecule has 0 amide bonds. The predicted molar refractivity (Wildman–Crippen MR) is 102 cm³/mol. The van der Waals surface area contributed by atoms with Gasteiger partial charge < -0.3 is 39.7 Å². The minimum atomic E-state index is -1.50. The summed E-state index contributed by atoms with van der Waals surface area (Å²) in [6.45, 7) is -0.525. The molecule has 1 aromatic carbocycles. The van der Waals surface area contributed by atoms with Crippen LogP contribution in [0.15, 0.2) is 30.5 Å². The maximum absolute atomic E-state index is 12.9. The number of phenolic OH excluding ortho intramolecular Hbond substituents is 1. The first-order valence-corrected chi connectivity index (χ1v) is 10.0. The van der Waals surface area contributed by atoms with Crippen molar-refractivity contribution in [2.75, 3.05) is 6.61 Å². The zero-order valence-electron chi connectivity index (χ0n) is 16.2. The minimum absolute atomic E-state index is 0.0248. The predicted octanol–water partition coefficient (Wildman–Crippen LogP) is -0.314. The molecule has 5 N–H and O–H groups in total. The highest BCUT2D eigenvalue weighted by Gasteiger charge is 2.47. The summed E-state index contributed by atoms with van der Waals surface area (Å²) in [7, 11) is 0. The van der Waals surface area contributed by atoms with Gasteiger partial charge in [-0.3, -0.25) is 4.79 Å². The van der Waals surface area contributed by atoms with Gasteiger partial charge in [-0.25, -0.2) is 0 Å². The quantitative estimate of drug-likeness (QED) is 0.441. The highest BCUT2D eigenvalue weighted by atomic mass is 16.7. The van der Waals surface area contributed by atoms with Crippen molar-refractivity contribution in [1.29, 1.82) is 0 Å². The summed E-state index contributed by atoms with van der Waals surface area (Å²) < 4.78 is 17.0. The molecule has 8 atom stereocenters. The monoisotopic (exact) mass is 422 g/mol. The molecule has 1 saturated carbocycles. The van der Waals surface area contributed by atoms with Gasteiger partial charge in [0.1, 0.15) is 36.3 Å². The van der Waals surface area contributed by atoms with Crippen LogP contribution < -0.4 is 0 Å². The van der Waals surface area contributed by atoms with Gasteiger partial charge >= 0.3 is 0 Å². The standard InChI is InChI=1S/C21H26O9/c22-8-16-18(25)19(26)20(27)21(30-16)29-12-5-6-13-15(7-12)28-9-14(17(13)24)10-1-3-11(23)4-2-10/h1-4,9,12-13,15-16,18-23,25-27H,5-8H2/t12?,13?,15?,16-,18-,19+,20-,21-/m1/s1. The van der Waals surface area contributed by atoms with Gasteiger partial charge in [0.25, 0.3) is 0 Å². The van der Waals surface area contributed by atoms with E-state index in [1.165, 1.54) is 18.4 Å². The fourth-order valence-corrected chi connectivity index (χ4v) is 4.30. The number of carbonyl (C=O) groups is 1. The van der Waals surface area contributed by atoms with Gasteiger partial charge in [-0.15, -0.1) is 0 Å². The van der Waals surface area contributed by atoms with Gasteiger partial charge in [0, 0.05) is 6.42 Å². The minimum Gasteiger partial charge on any atom is -0.508 e. The molecular weight excluding hydrogens is 396 g/mol. The lowest BCUT2D eigenvalue weighted by Gasteiger charge is -2.43. The lowest BCUT2D eigenvalue weighted by molar-refractivity contribution is -0.314. The summed E-state index contributed by atoms with van der Waals surface area (Å²) in [6.07, 6.45) is -4.55. The SMILES string of the molecule is O=C1C(c2ccc(O)cc2)=COC2CC(O[C@@H]3O[C@H](CO)[C@@H](O)[C@H](O)[C@H]3O)CCC12. The first kappa shape index (κ1) is 21.2. The summed E-state index contributed by atoms with van der Waals surface area (Å²) in [5.41, 5.74) is 1.14. The van der Waals surface area contributed by atoms with Crippen LogP contribution in [0.3, 0.4) is 0 Å². The molecule has 3 unspecified atom stereocenters. The Morgan fingerprint density at radius 3 is 2.47 bits per heavy atom. The third kappa shape index (κ3) is 3.96. The summed E-state index contributed by atoms with van der Waals surface area (Å²) in [4.78, 5) is 12.9. The van der Waals surface area contributed by atoms with Crippen LogP contribution >= 0.6 is 0 Å². The lowest BCUT2D eigenvalue weighted by atomic mass is 9.78. The molecule has 1 aromatic rings. The van der Waals surface area contributed by atoms with Crippen LogP contribution in [0.2, 0.25) is 0 Å². The Bertz CT molecular complexity index is 790. The largest absolute Gasteiger partial charge is 0.508 e. The van der Waals surface area contributed by atoms with E-state index in [1.807, 2.05) is 0 Å². The molecule has 0 bridgehead atoms. The number of aliphatic hydroxyl groups excluding tert-OH is 4. The number of fused-ring (bicyclic) bond motifs is 1. The Morgan fingerprint density at radius 2 is 1.77 bits per heavy atom. The van der Waals surface area contributed by atoms with Crippen LogP contribution in [0.25, 0.3) is 5.57 Å². The number of hydrogen-bond acceptors (Lipinski definition) is 9. The molecule has 3 aliphatic rings. The molecule has 0 spiro atoms. The number of benzene rings is 1. The van der Waals surface area contributed by atoms with E-state index < -0.39 is 37.3 Å². The number of hydrogen-bond donors (Lipinski definition) is 5. The number of ketones is 1. The number of Topliss-reactive ketones (excluding diaryl/α,β-unsaturated/α-hetero) is 1. The Morgan fingerprint density at radius 1 is 1.03 bits per heavy atom. The number of aliphatic hydroxyl groups is 4. The zero-order chi connectivity index (χ0) is 21.4. The van der Waals surface area contributed by atoms with E-state index in [-0.39, 0.29) is 29.7 Å². The second-order valence-electron chi connectivity index (χ2n) is 7.99. The van der Waals surface area contributed by atoms with E-state index in [2.05, 4.69) is 0 Å². The van der Waals surface area contributed by atoms with Crippen LogP contribution in [0.5, 0.6) is 5.75 Å². The van der Waals surface area contributed by atoms with Crippen LogP contribution in [0, 0.1) is 5.92 Å². The highest BCUT2D eigenvalue weighted by Crippen LogP contribution is 2.38. The molecule has 164 valence electrons. The molecule has 9 nitrogen and oxygen atoms in total. The molecule has 9 heteroatoms. The molecule has 30 heavy (non-hydrogen) atoms. The second kappa shape index (κ2) is 8.62. The normalized spacial score (nSPS) is 39.1. The highest BCUT2D eigenvalue weighted by molar-refractivity contribution is 6.22. The first-order valence-electron chi connectivity index (χ1n) is 10.0. The first-order chi connectivity index (χ1) is 14.4. The van der Waals surface area contributed by atoms with Gasteiger partial charge in [0.2, 0.25) is 0 Å². The van der Waals surface area contributed by atoms with Crippen LogP contribution in [-0.4, -0.2) is 80.8 Å². The Labute approximate surface area is 173 Å². The van der Waals surface area contributed by atoms with Crippen molar-refractivity contribution >= 4 is 11.4 Å². The van der Waals surface area contributed by atoms with E-state index >= 15 is 0 Å². The van der Waals surface area contributed by atoms with Gasteiger partial charge in [0.15, 0.2) is 12.1 Å². The number of phenols is 1. The molecule has 2 aliphatic heterocycles. The van der Waals surface area contributed by atoms with Gasteiger partial charge in [-0.2, -0.15) is 0 Å². The van der Waals surface area contributed by atoms with Crippen molar-refractivity contribution in [3.63, 3.8) is 0 Å². The third-order valence-electron chi connectivity index (χ3n) is 6.06. The fourth-order valence-electron chi connectivity index (χ4n) is 4.30. The molecule has 0 aromatic heterocycles.